The van der Waals surface area contributed by atoms with Gasteiger partial charge in [-0.3, -0.25) is 4.79 Å². The Bertz CT molecular complexity index is 344. The van der Waals surface area contributed by atoms with E-state index in [1.807, 2.05) is 12.3 Å². The van der Waals surface area contributed by atoms with E-state index in [2.05, 4.69) is 10.3 Å². The lowest BCUT2D eigenvalue weighted by Crippen LogP contribution is -2.20. The van der Waals surface area contributed by atoms with Gasteiger partial charge in [-0.2, -0.15) is 0 Å². The lowest BCUT2D eigenvalue weighted by Gasteiger charge is -2.00. The molecule has 1 fully saturated rings. The highest BCUT2D eigenvalue weighted by Crippen LogP contribution is 2.18. The quantitative estimate of drug-likeness (QED) is 0.799. The van der Waals surface area contributed by atoms with Gasteiger partial charge >= 0.3 is 0 Å². The lowest BCUT2D eigenvalue weighted by atomic mass is 10.2. The van der Waals surface area contributed by atoms with E-state index in [-0.39, 0.29) is 5.78 Å². The van der Waals surface area contributed by atoms with Gasteiger partial charge in [0.05, 0.1) is 6.42 Å². The van der Waals surface area contributed by atoms with Gasteiger partial charge in [-0.05, 0) is 19.8 Å². The molecule has 1 saturated carbocycles. The van der Waals surface area contributed by atoms with E-state index in [1.165, 1.54) is 12.8 Å². The Morgan fingerprint density at radius 1 is 1.67 bits per heavy atom. The van der Waals surface area contributed by atoms with Crippen molar-refractivity contribution in [1.29, 1.82) is 0 Å². The Labute approximate surface area is 93.9 Å². The topological polar surface area (TPSA) is 42.0 Å². The van der Waals surface area contributed by atoms with Crippen molar-refractivity contribution >= 4 is 17.1 Å². The highest BCUT2D eigenvalue weighted by atomic mass is 32.1. The zero-order valence-corrected chi connectivity index (χ0v) is 9.77. The number of aryl methyl sites for hydroxylation is 1. The van der Waals surface area contributed by atoms with Crippen molar-refractivity contribution in [2.45, 2.75) is 38.6 Å². The SMILES string of the molecule is Cc1csc(CC(=O)CCNC2CC2)n1. The van der Waals surface area contributed by atoms with Crippen molar-refractivity contribution in [2.24, 2.45) is 0 Å². The Morgan fingerprint density at radius 3 is 3.07 bits per heavy atom. The number of hydrogen-bond donors (Lipinski definition) is 1. The van der Waals surface area contributed by atoms with Gasteiger partial charge in [-0.15, -0.1) is 11.3 Å². The van der Waals surface area contributed by atoms with E-state index in [0.29, 0.717) is 18.9 Å². The normalized spacial score (nSPS) is 15.5. The molecule has 2 rings (SSSR count). The van der Waals surface area contributed by atoms with Gasteiger partial charge in [-0.1, -0.05) is 0 Å². The Kier molecular flexibility index (Phi) is 3.49. The molecule has 1 heterocycles. The second-order valence-corrected chi connectivity index (χ2v) is 5.02. The Morgan fingerprint density at radius 2 is 2.47 bits per heavy atom. The van der Waals surface area contributed by atoms with Crippen LogP contribution in [0.1, 0.15) is 30.0 Å². The first-order valence-electron chi connectivity index (χ1n) is 5.40. The van der Waals surface area contributed by atoms with Gasteiger partial charge in [0.25, 0.3) is 0 Å². The lowest BCUT2D eigenvalue weighted by molar-refractivity contribution is -0.118. The number of nitrogens with zero attached hydrogens (tertiary/aromatic N) is 1. The summed E-state index contributed by atoms with van der Waals surface area (Å²) in [6.45, 7) is 2.78. The molecule has 0 saturated heterocycles. The molecule has 82 valence electrons. The van der Waals surface area contributed by atoms with Crippen LogP contribution in [0, 0.1) is 6.92 Å². The smallest absolute Gasteiger partial charge is 0.140 e. The first-order valence-corrected chi connectivity index (χ1v) is 6.28. The molecule has 3 nitrogen and oxygen atoms in total. The molecule has 0 radical (unpaired) electrons. The molecule has 0 atom stereocenters. The maximum atomic E-state index is 11.6. The zero-order chi connectivity index (χ0) is 10.7. The predicted molar refractivity (Wildman–Crippen MR) is 61.2 cm³/mol. The summed E-state index contributed by atoms with van der Waals surface area (Å²) in [5, 5.41) is 6.28. The summed E-state index contributed by atoms with van der Waals surface area (Å²) < 4.78 is 0. The summed E-state index contributed by atoms with van der Waals surface area (Å²) in [5.74, 6) is 0.289. The Balaban J connectivity index is 1.67. The Hall–Kier alpha value is -0.740. The molecule has 0 aliphatic heterocycles. The van der Waals surface area contributed by atoms with Crippen LogP contribution in [0.5, 0.6) is 0 Å². The van der Waals surface area contributed by atoms with Crippen LogP contribution in [-0.4, -0.2) is 23.4 Å². The molecule has 0 unspecified atom stereocenters. The summed E-state index contributed by atoms with van der Waals surface area (Å²) in [7, 11) is 0. The fraction of sp³-hybridized carbons (Fsp3) is 0.636. The number of thiazole rings is 1. The molecule has 15 heavy (non-hydrogen) atoms. The number of Topliss-reactive ketones (excluding diaryl/α,β-unsaturated/α-hetero) is 1. The van der Waals surface area contributed by atoms with Crippen LogP contribution in [-0.2, 0) is 11.2 Å². The van der Waals surface area contributed by atoms with Crippen molar-refractivity contribution in [2.75, 3.05) is 6.54 Å². The number of rotatable bonds is 6. The molecule has 1 aliphatic rings. The van der Waals surface area contributed by atoms with Crippen LogP contribution < -0.4 is 5.32 Å². The standard InChI is InChI=1S/C11H16N2OS/c1-8-7-15-11(13-8)6-10(14)4-5-12-9-2-3-9/h7,9,12H,2-6H2,1H3. The second kappa shape index (κ2) is 4.86. The summed E-state index contributed by atoms with van der Waals surface area (Å²) in [4.78, 5) is 15.8. The third-order valence-corrected chi connectivity index (χ3v) is 3.40. The largest absolute Gasteiger partial charge is 0.314 e. The molecule has 0 bridgehead atoms. The average Bonchev–Trinajstić information content (AvgIpc) is 2.91. The molecule has 1 aromatic heterocycles. The van der Waals surface area contributed by atoms with E-state index < -0.39 is 0 Å². The molecule has 4 heteroatoms. The minimum atomic E-state index is 0.289. The first kappa shape index (κ1) is 10.8. The van der Waals surface area contributed by atoms with Gasteiger partial charge in [0.1, 0.15) is 10.8 Å². The monoisotopic (exact) mass is 224 g/mol. The van der Waals surface area contributed by atoms with Crippen LogP contribution in [0.4, 0.5) is 0 Å². The van der Waals surface area contributed by atoms with Crippen LogP contribution >= 0.6 is 11.3 Å². The minimum Gasteiger partial charge on any atom is -0.314 e. The molecule has 1 N–H and O–H groups in total. The number of ketones is 1. The van der Waals surface area contributed by atoms with Gasteiger partial charge in [-0.25, -0.2) is 4.98 Å². The summed E-state index contributed by atoms with van der Waals surface area (Å²) in [6, 6.07) is 0.694. The molecule has 0 spiro atoms. The third kappa shape index (κ3) is 3.72. The second-order valence-electron chi connectivity index (χ2n) is 4.08. The maximum Gasteiger partial charge on any atom is 0.140 e. The summed E-state index contributed by atoms with van der Waals surface area (Å²) in [5.41, 5.74) is 1.01. The highest BCUT2D eigenvalue weighted by molar-refractivity contribution is 7.09. The van der Waals surface area contributed by atoms with Crippen molar-refractivity contribution in [3.05, 3.63) is 16.1 Å². The van der Waals surface area contributed by atoms with Crippen molar-refractivity contribution in [3.8, 4) is 0 Å². The highest BCUT2D eigenvalue weighted by Gasteiger charge is 2.20. The van der Waals surface area contributed by atoms with E-state index in [9.17, 15) is 4.79 Å². The van der Waals surface area contributed by atoms with Gasteiger partial charge in [0.2, 0.25) is 0 Å². The molecule has 1 aliphatic carbocycles. The third-order valence-electron chi connectivity index (χ3n) is 2.43. The summed E-state index contributed by atoms with van der Waals surface area (Å²) >= 11 is 1.58. The minimum absolute atomic E-state index is 0.289. The number of aromatic nitrogens is 1. The predicted octanol–water partition coefficient (Wildman–Crippen LogP) is 1.71. The molecule has 0 aromatic carbocycles. The fourth-order valence-electron chi connectivity index (χ4n) is 1.44. The fourth-order valence-corrected chi connectivity index (χ4v) is 2.24. The van der Waals surface area contributed by atoms with Crippen LogP contribution in [0.3, 0.4) is 0 Å². The zero-order valence-electron chi connectivity index (χ0n) is 8.95. The van der Waals surface area contributed by atoms with Crippen molar-refractivity contribution in [1.82, 2.24) is 10.3 Å². The van der Waals surface area contributed by atoms with Crippen LogP contribution in [0.2, 0.25) is 0 Å². The van der Waals surface area contributed by atoms with Gasteiger partial charge < -0.3 is 5.32 Å². The number of nitrogens with one attached hydrogen (secondary N) is 1. The van der Waals surface area contributed by atoms with Crippen molar-refractivity contribution < 1.29 is 4.79 Å². The maximum absolute atomic E-state index is 11.6. The molecule has 0 amide bonds. The van der Waals surface area contributed by atoms with E-state index in [0.717, 1.165) is 17.2 Å². The number of carbonyl (C=O) groups is 1. The van der Waals surface area contributed by atoms with Gasteiger partial charge in [0, 0.05) is 30.1 Å². The van der Waals surface area contributed by atoms with E-state index in [4.69, 9.17) is 0 Å². The average molecular weight is 224 g/mol. The van der Waals surface area contributed by atoms with Crippen molar-refractivity contribution in [3.63, 3.8) is 0 Å². The van der Waals surface area contributed by atoms with Crippen LogP contribution in [0.25, 0.3) is 0 Å². The number of hydrogen-bond acceptors (Lipinski definition) is 4. The first-order chi connectivity index (χ1) is 7.24. The van der Waals surface area contributed by atoms with E-state index >= 15 is 0 Å². The van der Waals surface area contributed by atoms with Crippen LogP contribution in [0.15, 0.2) is 5.38 Å². The molecular weight excluding hydrogens is 208 g/mol. The summed E-state index contributed by atoms with van der Waals surface area (Å²) in [6.07, 6.45) is 3.69. The van der Waals surface area contributed by atoms with Gasteiger partial charge in [0.15, 0.2) is 0 Å². The molecular formula is C11H16N2OS. The molecule has 1 aromatic rings. The van der Waals surface area contributed by atoms with E-state index in [1.54, 1.807) is 11.3 Å². The number of carbonyl (C=O) groups excluding carboxylic acids is 1.